The Kier molecular flexibility index (Phi) is 3.98. The molecule has 8 heteroatoms. The summed E-state index contributed by atoms with van der Waals surface area (Å²) in [6.45, 7) is 0. The number of carbonyl (C=O) groups excluding carboxylic acids is 1. The first-order valence-corrected chi connectivity index (χ1v) is 7.69. The second-order valence-corrected chi connectivity index (χ2v) is 6.61. The van der Waals surface area contributed by atoms with Crippen molar-refractivity contribution in [1.82, 2.24) is 9.97 Å². The monoisotopic (exact) mass is 285 g/mol. The summed E-state index contributed by atoms with van der Waals surface area (Å²) >= 11 is 0. The summed E-state index contributed by atoms with van der Waals surface area (Å²) in [7, 11) is -1.70. The smallest absolute Gasteiger partial charge is 0.358 e. The Bertz CT molecular complexity index is 556. The van der Waals surface area contributed by atoms with Crippen LogP contribution < -0.4 is 5.32 Å². The van der Waals surface area contributed by atoms with E-state index in [0.29, 0.717) is 12.2 Å². The number of rotatable bonds is 3. The average Bonchev–Trinajstić information content (AvgIpc) is 2.37. The minimum atomic E-state index is -2.96. The summed E-state index contributed by atoms with van der Waals surface area (Å²) in [4.78, 5) is 19.1. The van der Waals surface area contributed by atoms with Crippen molar-refractivity contribution in [3.63, 3.8) is 0 Å². The Balaban J connectivity index is 2.01. The summed E-state index contributed by atoms with van der Waals surface area (Å²) in [5.41, 5.74) is 0.115. The van der Waals surface area contributed by atoms with Crippen molar-refractivity contribution in [2.45, 2.75) is 18.9 Å². The van der Waals surface area contributed by atoms with Crippen molar-refractivity contribution in [2.75, 3.05) is 23.9 Å². The topological polar surface area (TPSA) is 98.2 Å². The Morgan fingerprint density at radius 1 is 1.42 bits per heavy atom. The molecule has 2 heterocycles. The van der Waals surface area contributed by atoms with E-state index in [1.807, 2.05) is 0 Å². The van der Waals surface area contributed by atoms with Gasteiger partial charge < -0.3 is 10.1 Å². The molecule has 1 atom stereocenters. The van der Waals surface area contributed by atoms with Crippen LogP contribution in [0, 0.1) is 0 Å². The Labute approximate surface area is 111 Å². The van der Waals surface area contributed by atoms with Crippen LogP contribution in [-0.4, -0.2) is 49.0 Å². The zero-order valence-electron chi connectivity index (χ0n) is 10.5. The van der Waals surface area contributed by atoms with Crippen LogP contribution in [0.2, 0.25) is 0 Å². The highest BCUT2D eigenvalue weighted by molar-refractivity contribution is 7.91. The minimum absolute atomic E-state index is 0.105. The molecule has 0 radical (unpaired) electrons. The zero-order chi connectivity index (χ0) is 13.9. The van der Waals surface area contributed by atoms with E-state index in [1.165, 1.54) is 19.5 Å². The van der Waals surface area contributed by atoms with Crippen molar-refractivity contribution in [2.24, 2.45) is 0 Å². The number of nitrogens with zero attached hydrogens (tertiary/aromatic N) is 2. The third kappa shape index (κ3) is 3.63. The number of carbonyl (C=O) groups is 1. The van der Waals surface area contributed by atoms with E-state index in [4.69, 9.17) is 0 Å². The lowest BCUT2D eigenvalue weighted by Gasteiger charge is -2.23. The largest absolute Gasteiger partial charge is 0.464 e. The number of ether oxygens (including phenoxy) is 1. The maximum Gasteiger partial charge on any atom is 0.358 e. The fourth-order valence-electron chi connectivity index (χ4n) is 1.96. The second kappa shape index (κ2) is 5.52. The summed E-state index contributed by atoms with van der Waals surface area (Å²) < 4.78 is 27.5. The normalized spacial score (nSPS) is 21.6. The van der Waals surface area contributed by atoms with E-state index >= 15 is 0 Å². The lowest BCUT2D eigenvalue weighted by Crippen LogP contribution is -2.35. The van der Waals surface area contributed by atoms with E-state index in [2.05, 4.69) is 20.0 Å². The van der Waals surface area contributed by atoms with E-state index in [1.54, 1.807) is 0 Å². The van der Waals surface area contributed by atoms with Gasteiger partial charge >= 0.3 is 5.97 Å². The number of hydrogen-bond donors (Lipinski definition) is 1. The van der Waals surface area contributed by atoms with Gasteiger partial charge in [-0.2, -0.15) is 0 Å². The van der Waals surface area contributed by atoms with Gasteiger partial charge in [-0.15, -0.1) is 0 Å². The maximum atomic E-state index is 11.5. The highest BCUT2D eigenvalue weighted by atomic mass is 32.2. The molecule has 1 aromatic rings. The van der Waals surface area contributed by atoms with Gasteiger partial charge in [-0.25, -0.2) is 23.2 Å². The van der Waals surface area contributed by atoms with Crippen LogP contribution >= 0.6 is 0 Å². The number of esters is 1. The molecule has 1 saturated heterocycles. The van der Waals surface area contributed by atoms with E-state index in [9.17, 15) is 13.2 Å². The molecule has 0 bridgehead atoms. The van der Waals surface area contributed by atoms with Gasteiger partial charge in [0.1, 0.15) is 5.82 Å². The molecule has 19 heavy (non-hydrogen) atoms. The third-order valence-corrected chi connectivity index (χ3v) is 4.68. The molecular formula is C11H15N3O4S. The SMILES string of the molecule is COC(=O)c1cnc(NC2CCCS(=O)(=O)C2)cn1. The molecule has 0 spiro atoms. The molecule has 0 amide bonds. The Morgan fingerprint density at radius 3 is 2.79 bits per heavy atom. The summed E-state index contributed by atoms with van der Waals surface area (Å²) in [6.07, 6.45) is 4.12. The van der Waals surface area contributed by atoms with Crippen LogP contribution in [0.5, 0.6) is 0 Å². The molecule has 0 aromatic carbocycles. The zero-order valence-corrected chi connectivity index (χ0v) is 11.3. The quantitative estimate of drug-likeness (QED) is 0.795. The molecule has 1 aromatic heterocycles. The molecule has 104 valence electrons. The van der Waals surface area contributed by atoms with Crippen LogP contribution in [-0.2, 0) is 14.6 Å². The Hall–Kier alpha value is -1.70. The van der Waals surface area contributed by atoms with Crippen molar-refractivity contribution in [3.05, 3.63) is 18.1 Å². The van der Waals surface area contributed by atoms with Crippen LogP contribution in [0.25, 0.3) is 0 Å². The van der Waals surface area contributed by atoms with E-state index in [0.717, 1.165) is 6.42 Å². The van der Waals surface area contributed by atoms with Crippen LogP contribution in [0.1, 0.15) is 23.3 Å². The predicted molar refractivity (Wildman–Crippen MR) is 68.7 cm³/mol. The first-order valence-electron chi connectivity index (χ1n) is 5.87. The number of nitrogens with one attached hydrogen (secondary N) is 1. The standard InChI is InChI=1S/C11H15N3O4S/c1-18-11(15)9-5-13-10(6-12-9)14-8-3-2-4-19(16,17)7-8/h5-6,8H,2-4,7H2,1H3,(H,13,14). The predicted octanol–water partition coefficient (Wildman–Crippen LogP) is 0.252. The lowest BCUT2D eigenvalue weighted by atomic mass is 10.2. The summed E-state index contributed by atoms with van der Waals surface area (Å²) in [5, 5.41) is 3.02. The minimum Gasteiger partial charge on any atom is -0.464 e. The van der Waals surface area contributed by atoms with Gasteiger partial charge in [0.25, 0.3) is 0 Å². The molecule has 1 N–H and O–H groups in total. The molecule has 1 aliphatic heterocycles. The van der Waals surface area contributed by atoms with Gasteiger partial charge in [0.15, 0.2) is 15.5 Å². The first-order chi connectivity index (χ1) is 9.00. The van der Waals surface area contributed by atoms with Gasteiger partial charge in [-0.3, -0.25) is 0 Å². The van der Waals surface area contributed by atoms with Crippen molar-refractivity contribution in [1.29, 1.82) is 0 Å². The van der Waals surface area contributed by atoms with Gasteiger partial charge in [0, 0.05) is 6.04 Å². The lowest BCUT2D eigenvalue weighted by molar-refractivity contribution is 0.0593. The number of aromatic nitrogens is 2. The summed E-state index contributed by atoms with van der Waals surface area (Å²) in [5.74, 6) is 0.250. The van der Waals surface area contributed by atoms with Gasteiger partial charge in [0.05, 0.1) is 31.0 Å². The number of methoxy groups -OCH3 is 1. The third-order valence-electron chi connectivity index (χ3n) is 2.86. The molecule has 0 aliphatic carbocycles. The Morgan fingerprint density at radius 2 is 2.21 bits per heavy atom. The molecule has 1 aliphatic rings. The second-order valence-electron chi connectivity index (χ2n) is 4.38. The highest BCUT2D eigenvalue weighted by Gasteiger charge is 2.24. The molecular weight excluding hydrogens is 270 g/mol. The molecule has 1 fully saturated rings. The number of hydrogen-bond acceptors (Lipinski definition) is 7. The van der Waals surface area contributed by atoms with Gasteiger partial charge in [-0.1, -0.05) is 0 Å². The van der Waals surface area contributed by atoms with Crippen LogP contribution in [0.3, 0.4) is 0 Å². The average molecular weight is 285 g/mol. The first kappa shape index (κ1) is 13.7. The van der Waals surface area contributed by atoms with Crippen LogP contribution in [0.15, 0.2) is 12.4 Å². The fourth-order valence-corrected chi connectivity index (χ4v) is 3.59. The highest BCUT2D eigenvalue weighted by Crippen LogP contribution is 2.15. The molecule has 0 saturated carbocycles. The number of sulfone groups is 1. The fraction of sp³-hybridized carbons (Fsp3) is 0.545. The maximum absolute atomic E-state index is 11.5. The molecule has 2 rings (SSSR count). The van der Waals surface area contributed by atoms with Gasteiger partial charge in [0.2, 0.25) is 0 Å². The molecule has 1 unspecified atom stereocenters. The van der Waals surface area contributed by atoms with Gasteiger partial charge in [-0.05, 0) is 12.8 Å². The van der Waals surface area contributed by atoms with E-state index in [-0.39, 0.29) is 23.2 Å². The van der Waals surface area contributed by atoms with Crippen molar-refractivity contribution >= 4 is 21.6 Å². The summed E-state index contributed by atoms with van der Waals surface area (Å²) in [6, 6.07) is -0.156. The van der Waals surface area contributed by atoms with Crippen LogP contribution in [0.4, 0.5) is 5.82 Å². The van der Waals surface area contributed by atoms with Crippen molar-refractivity contribution in [3.8, 4) is 0 Å². The van der Waals surface area contributed by atoms with Crippen molar-refractivity contribution < 1.29 is 17.9 Å². The van der Waals surface area contributed by atoms with E-state index < -0.39 is 15.8 Å². The molecule has 7 nitrogen and oxygen atoms in total. The number of anilines is 1.